The van der Waals surface area contributed by atoms with Gasteiger partial charge in [-0.2, -0.15) is 0 Å². The van der Waals surface area contributed by atoms with Gasteiger partial charge in [0.1, 0.15) is 48.8 Å². The minimum absolute atomic E-state index is 0.168. The van der Waals surface area contributed by atoms with Crippen molar-refractivity contribution >= 4 is 0 Å². The van der Waals surface area contributed by atoms with Gasteiger partial charge in [-0.3, -0.25) is 0 Å². The Kier molecular flexibility index (Phi) is 11.3. The van der Waals surface area contributed by atoms with E-state index in [1.54, 1.807) is 7.11 Å². The third-order valence-corrected chi connectivity index (χ3v) is 9.83. The fourth-order valence-electron chi connectivity index (χ4n) is 7.17. The number of fused-ring (bicyclic) bond motifs is 2. The SMILES string of the molecule is CO[C@H]1O[C@@H]2COC(c3ccccc3)O[C@H]2[C@H](O[C@@H]2O[C@@H]3COC(c4ccccc4)O[C@H]3[C@H](O)[C@@H]2OCc2ccccc2)[C@@H]1OCc1ccccc1. The van der Waals surface area contributed by atoms with Gasteiger partial charge in [0.05, 0.1) is 26.4 Å². The second-order valence-electron chi connectivity index (χ2n) is 13.3. The Morgan fingerprint density at radius 3 is 1.54 bits per heavy atom. The minimum atomic E-state index is -1.13. The van der Waals surface area contributed by atoms with Crippen molar-refractivity contribution in [3.05, 3.63) is 144 Å². The maximum Gasteiger partial charge on any atom is 0.187 e. The van der Waals surface area contributed by atoms with E-state index >= 15 is 0 Å². The molecule has 274 valence electrons. The van der Waals surface area contributed by atoms with Crippen molar-refractivity contribution in [1.29, 1.82) is 0 Å². The first-order valence-electron chi connectivity index (χ1n) is 17.8. The number of aliphatic hydroxyl groups is 1. The van der Waals surface area contributed by atoms with E-state index in [9.17, 15) is 5.11 Å². The fraction of sp³-hybridized carbons (Fsp3) is 0.415. The number of aliphatic hydroxyl groups excluding tert-OH is 1. The highest BCUT2D eigenvalue weighted by Gasteiger charge is 2.56. The van der Waals surface area contributed by atoms with Gasteiger partial charge in [0.2, 0.25) is 0 Å². The Hall–Kier alpha value is -3.56. The summed E-state index contributed by atoms with van der Waals surface area (Å²) in [6.45, 7) is 0.864. The Bertz CT molecular complexity index is 1660. The molecule has 2 unspecified atom stereocenters. The summed E-state index contributed by atoms with van der Waals surface area (Å²) in [6.07, 6.45) is -9.53. The van der Waals surface area contributed by atoms with Gasteiger partial charge in [0.15, 0.2) is 25.2 Å². The summed E-state index contributed by atoms with van der Waals surface area (Å²) in [4.78, 5) is 0. The van der Waals surface area contributed by atoms with Crippen LogP contribution < -0.4 is 0 Å². The van der Waals surface area contributed by atoms with E-state index in [4.69, 9.17) is 47.4 Å². The monoisotopic (exact) mass is 712 g/mol. The summed E-state index contributed by atoms with van der Waals surface area (Å²) in [5, 5.41) is 12.0. The molecule has 4 saturated heterocycles. The molecule has 0 amide bonds. The first kappa shape index (κ1) is 35.5. The van der Waals surface area contributed by atoms with Gasteiger partial charge in [-0.15, -0.1) is 0 Å². The van der Waals surface area contributed by atoms with Gasteiger partial charge in [-0.25, -0.2) is 0 Å². The molecule has 4 aliphatic heterocycles. The Labute approximate surface area is 303 Å². The zero-order valence-corrected chi connectivity index (χ0v) is 28.8. The van der Waals surface area contributed by atoms with E-state index in [-0.39, 0.29) is 26.4 Å². The molecule has 52 heavy (non-hydrogen) atoms. The van der Waals surface area contributed by atoms with Crippen LogP contribution in [0.1, 0.15) is 34.8 Å². The number of methoxy groups -OCH3 is 1. The molecule has 11 nitrogen and oxygen atoms in total. The molecule has 11 heteroatoms. The normalized spacial score (nSPS) is 34.6. The van der Waals surface area contributed by atoms with Crippen LogP contribution in [0.3, 0.4) is 0 Å². The highest BCUT2D eigenvalue weighted by atomic mass is 16.8. The Morgan fingerprint density at radius 1 is 0.538 bits per heavy atom. The maximum atomic E-state index is 12.0. The van der Waals surface area contributed by atoms with Gasteiger partial charge in [-0.05, 0) is 11.1 Å². The number of benzene rings is 4. The molecule has 4 aliphatic rings. The lowest BCUT2D eigenvalue weighted by Crippen LogP contribution is -2.67. The summed E-state index contributed by atoms with van der Waals surface area (Å²) < 4.78 is 64.2. The van der Waals surface area contributed by atoms with Crippen molar-refractivity contribution in [1.82, 2.24) is 0 Å². The van der Waals surface area contributed by atoms with E-state index in [0.717, 1.165) is 22.3 Å². The van der Waals surface area contributed by atoms with E-state index < -0.39 is 74.0 Å². The second-order valence-corrected chi connectivity index (χ2v) is 13.3. The molecule has 0 radical (unpaired) electrons. The first-order chi connectivity index (χ1) is 25.6. The van der Waals surface area contributed by atoms with Crippen LogP contribution in [0.25, 0.3) is 0 Å². The Balaban J connectivity index is 1.10. The van der Waals surface area contributed by atoms with Crippen molar-refractivity contribution in [3.8, 4) is 0 Å². The standard InChI is InChI=1S/C41H44O11/c1-43-40-37(45-23-27-16-8-3-9-17-27)36(34-31(48-40)25-47-39(51-34)29-20-12-5-13-21-29)52-41-35(44-22-26-14-6-2-7-15-26)32(42)33-30(49-41)24-46-38(50-33)28-18-10-4-11-19-28/h2-21,30-42H,22-25H2,1H3/t30-,31-,32+,33-,34-,35+,36+,37+,38?,39?,40+,41+/m1/s1. The lowest BCUT2D eigenvalue weighted by molar-refractivity contribution is -0.409. The molecule has 4 fully saturated rings. The molecule has 0 bridgehead atoms. The fourth-order valence-corrected chi connectivity index (χ4v) is 7.17. The van der Waals surface area contributed by atoms with Crippen molar-refractivity contribution in [2.24, 2.45) is 0 Å². The quantitative estimate of drug-likeness (QED) is 0.221. The largest absolute Gasteiger partial charge is 0.387 e. The molecule has 1 N–H and O–H groups in total. The number of rotatable bonds is 11. The van der Waals surface area contributed by atoms with Crippen LogP contribution in [-0.4, -0.2) is 86.8 Å². The van der Waals surface area contributed by atoms with Crippen LogP contribution in [0.5, 0.6) is 0 Å². The van der Waals surface area contributed by atoms with Gasteiger partial charge in [0, 0.05) is 18.2 Å². The smallest absolute Gasteiger partial charge is 0.187 e. The van der Waals surface area contributed by atoms with E-state index in [1.165, 1.54) is 0 Å². The van der Waals surface area contributed by atoms with Crippen LogP contribution in [0, 0.1) is 0 Å². The summed E-state index contributed by atoms with van der Waals surface area (Å²) >= 11 is 0. The number of hydrogen-bond acceptors (Lipinski definition) is 11. The number of ether oxygens (including phenoxy) is 10. The zero-order chi connectivity index (χ0) is 35.3. The van der Waals surface area contributed by atoms with E-state index in [0.29, 0.717) is 0 Å². The second kappa shape index (κ2) is 16.6. The van der Waals surface area contributed by atoms with Crippen molar-refractivity contribution in [2.45, 2.75) is 87.2 Å². The lowest BCUT2D eigenvalue weighted by Gasteiger charge is -2.52. The lowest BCUT2D eigenvalue weighted by atomic mass is 9.95. The summed E-state index contributed by atoms with van der Waals surface area (Å²) in [5.74, 6) is 0. The van der Waals surface area contributed by atoms with Gasteiger partial charge >= 0.3 is 0 Å². The van der Waals surface area contributed by atoms with Gasteiger partial charge in [-0.1, -0.05) is 121 Å². The van der Waals surface area contributed by atoms with Crippen molar-refractivity contribution in [3.63, 3.8) is 0 Å². The molecule has 0 aliphatic carbocycles. The third-order valence-electron chi connectivity index (χ3n) is 9.83. The van der Waals surface area contributed by atoms with Crippen LogP contribution in [0.15, 0.2) is 121 Å². The molecule has 4 heterocycles. The van der Waals surface area contributed by atoms with Gasteiger partial charge in [0.25, 0.3) is 0 Å². The van der Waals surface area contributed by atoms with Crippen molar-refractivity contribution in [2.75, 3.05) is 20.3 Å². The molecule has 12 atom stereocenters. The van der Waals surface area contributed by atoms with Crippen molar-refractivity contribution < 1.29 is 52.5 Å². The predicted molar refractivity (Wildman–Crippen MR) is 185 cm³/mol. The molecule has 0 aromatic heterocycles. The highest BCUT2D eigenvalue weighted by molar-refractivity contribution is 5.19. The highest BCUT2D eigenvalue weighted by Crippen LogP contribution is 2.40. The zero-order valence-electron chi connectivity index (χ0n) is 28.8. The average molecular weight is 713 g/mol. The molecular weight excluding hydrogens is 668 g/mol. The predicted octanol–water partition coefficient (Wildman–Crippen LogP) is 5.23. The first-order valence-corrected chi connectivity index (χ1v) is 17.8. The topological polar surface area (TPSA) is 113 Å². The van der Waals surface area contributed by atoms with Gasteiger partial charge < -0.3 is 52.5 Å². The van der Waals surface area contributed by atoms with Crippen LogP contribution in [0.4, 0.5) is 0 Å². The minimum Gasteiger partial charge on any atom is -0.387 e. The molecule has 4 aromatic rings. The van der Waals surface area contributed by atoms with Crippen LogP contribution in [0.2, 0.25) is 0 Å². The summed E-state index contributed by atoms with van der Waals surface area (Å²) in [5.41, 5.74) is 3.60. The maximum absolute atomic E-state index is 12.0. The van der Waals surface area contributed by atoms with Crippen LogP contribution in [-0.2, 0) is 60.6 Å². The molecular formula is C41H44O11. The molecule has 0 saturated carbocycles. The Morgan fingerprint density at radius 2 is 1.00 bits per heavy atom. The third kappa shape index (κ3) is 7.86. The van der Waals surface area contributed by atoms with E-state index in [1.807, 2.05) is 121 Å². The molecule has 8 rings (SSSR count). The summed E-state index contributed by atoms with van der Waals surface area (Å²) in [7, 11) is 1.56. The number of hydrogen-bond donors (Lipinski definition) is 1. The average Bonchev–Trinajstić information content (AvgIpc) is 3.21. The molecule has 4 aromatic carbocycles. The molecule has 0 spiro atoms. The van der Waals surface area contributed by atoms with Crippen LogP contribution >= 0.6 is 0 Å². The summed E-state index contributed by atoms with van der Waals surface area (Å²) in [6, 6.07) is 38.9. The van der Waals surface area contributed by atoms with E-state index in [2.05, 4.69) is 0 Å².